The van der Waals surface area contributed by atoms with Crippen molar-refractivity contribution in [3.8, 4) is 5.75 Å². The van der Waals surface area contributed by atoms with Crippen molar-refractivity contribution in [1.29, 1.82) is 0 Å². The summed E-state index contributed by atoms with van der Waals surface area (Å²) in [6.07, 6.45) is 0.843. The van der Waals surface area contributed by atoms with Crippen molar-refractivity contribution in [2.75, 3.05) is 24.6 Å². The Balaban J connectivity index is 1.42. The zero-order valence-corrected chi connectivity index (χ0v) is 17.2. The Morgan fingerprint density at radius 3 is 2.67 bits per heavy atom. The van der Waals surface area contributed by atoms with E-state index in [4.69, 9.17) is 4.74 Å². The zero-order chi connectivity index (χ0) is 21.3. The number of para-hydroxylation sites is 2. The third-order valence-electron chi connectivity index (χ3n) is 5.82. The third kappa shape index (κ3) is 3.40. The average molecular weight is 407 g/mol. The van der Waals surface area contributed by atoms with E-state index < -0.39 is 5.66 Å². The number of fused-ring (bicyclic) bond motifs is 3. The Labute approximate surface area is 175 Å². The minimum Gasteiger partial charge on any atom is -0.491 e. The molecular weight excluding hydrogens is 382 g/mol. The van der Waals surface area contributed by atoms with Gasteiger partial charge in [0.2, 0.25) is 11.8 Å². The van der Waals surface area contributed by atoms with Gasteiger partial charge < -0.3 is 15.0 Å². The summed E-state index contributed by atoms with van der Waals surface area (Å²) < 4.78 is 5.70. The summed E-state index contributed by atoms with van der Waals surface area (Å²) in [5.74, 6) is 0.235. The van der Waals surface area contributed by atoms with Gasteiger partial charge in [0.15, 0.2) is 0 Å². The SMILES string of the molecule is Cc1ccccc1OCCNC(=O)CN1C(=O)c2ccccc2N2C(=O)CCC12C. The van der Waals surface area contributed by atoms with E-state index in [0.29, 0.717) is 37.2 Å². The fraction of sp³-hybridized carbons (Fsp3) is 0.348. The Kier molecular flexibility index (Phi) is 5.20. The number of nitrogens with zero attached hydrogens (tertiary/aromatic N) is 2. The Morgan fingerprint density at radius 2 is 1.87 bits per heavy atom. The van der Waals surface area contributed by atoms with Gasteiger partial charge in [0.25, 0.3) is 5.91 Å². The second-order valence-electron chi connectivity index (χ2n) is 7.82. The highest BCUT2D eigenvalue weighted by molar-refractivity contribution is 6.11. The number of aryl methyl sites for hydroxylation is 1. The molecule has 3 amide bonds. The van der Waals surface area contributed by atoms with Crippen LogP contribution >= 0.6 is 0 Å². The number of benzene rings is 2. The van der Waals surface area contributed by atoms with Gasteiger partial charge in [-0.15, -0.1) is 0 Å². The standard InChI is InChI=1S/C23H25N3O4/c1-16-7-3-6-10-19(16)30-14-13-24-20(27)15-25-22(29)17-8-4-5-9-18(17)26-21(28)11-12-23(25,26)2/h3-10H,11-15H2,1-2H3,(H,24,27). The number of ether oxygens (including phenoxy) is 1. The predicted octanol–water partition coefficient (Wildman–Crippen LogP) is 2.49. The molecule has 2 heterocycles. The molecule has 30 heavy (non-hydrogen) atoms. The van der Waals surface area contributed by atoms with Gasteiger partial charge in [0.1, 0.15) is 24.6 Å². The molecule has 4 rings (SSSR count). The highest BCUT2D eigenvalue weighted by Gasteiger charge is 2.53. The molecule has 1 fully saturated rings. The lowest BCUT2D eigenvalue weighted by molar-refractivity contribution is -0.124. The number of nitrogens with one attached hydrogen (secondary N) is 1. The predicted molar refractivity (Wildman–Crippen MR) is 112 cm³/mol. The molecule has 2 aliphatic rings. The first-order chi connectivity index (χ1) is 14.4. The maximum Gasteiger partial charge on any atom is 0.258 e. The van der Waals surface area contributed by atoms with Gasteiger partial charge in [-0.05, 0) is 44.0 Å². The molecule has 0 aromatic heterocycles. The molecule has 1 atom stereocenters. The van der Waals surface area contributed by atoms with Crippen molar-refractivity contribution >= 4 is 23.4 Å². The summed E-state index contributed by atoms with van der Waals surface area (Å²) in [6.45, 7) is 4.35. The summed E-state index contributed by atoms with van der Waals surface area (Å²) in [5.41, 5.74) is 1.26. The zero-order valence-electron chi connectivity index (χ0n) is 17.2. The molecule has 2 aliphatic heterocycles. The van der Waals surface area contributed by atoms with Crippen LogP contribution < -0.4 is 15.0 Å². The van der Waals surface area contributed by atoms with E-state index in [2.05, 4.69) is 5.32 Å². The van der Waals surface area contributed by atoms with Crippen LogP contribution in [0.4, 0.5) is 5.69 Å². The first-order valence-electron chi connectivity index (χ1n) is 10.1. The van der Waals surface area contributed by atoms with Crippen LogP contribution in [-0.2, 0) is 9.59 Å². The minimum absolute atomic E-state index is 0.0329. The van der Waals surface area contributed by atoms with Crippen molar-refractivity contribution in [1.82, 2.24) is 10.2 Å². The lowest BCUT2D eigenvalue weighted by Gasteiger charge is -2.48. The molecule has 0 radical (unpaired) electrons. The fourth-order valence-electron chi connectivity index (χ4n) is 4.21. The van der Waals surface area contributed by atoms with Crippen LogP contribution in [0.5, 0.6) is 5.75 Å². The smallest absolute Gasteiger partial charge is 0.258 e. The molecule has 156 valence electrons. The fourth-order valence-corrected chi connectivity index (χ4v) is 4.21. The van der Waals surface area contributed by atoms with Crippen molar-refractivity contribution in [3.05, 3.63) is 59.7 Å². The van der Waals surface area contributed by atoms with E-state index >= 15 is 0 Å². The summed E-state index contributed by atoms with van der Waals surface area (Å²) in [7, 11) is 0. The Morgan fingerprint density at radius 1 is 1.13 bits per heavy atom. The summed E-state index contributed by atoms with van der Waals surface area (Å²) in [5, 5.41) is 2.81. The molecular formula is C23H25N3O4. The molecule has 2 aromatic carbocycles. The van der Waals surface area contributed by atoms with Crippen molar-refractivity contribution < 1.29 is 19.1 Å². The van der Waals surface area contributed by atoms with Gasteiger partial charge in [0, 0.05) is 6.42 Å². The topological polar surface area (TPSA) is 79.0 Å². The van der Waals surface area contributed by atoms with Gasteiger partial charge in [-0.1, -0.05) is 30.3 Å². The number of carbonyl (C=O) groups excluding carboxylic acids is 3. The lowest BCUT2D eigenvalue weighted by Crippen LogP contribution is -2.63. The number of amides is 3. The van der Waals surface area contributed by atoms with E-state index in [0.717, 1.165) is 11.3 Å². The van der Waals surface area contributed by atoms with Gasteiger partial charge in [-0.25, -0.2) is 0 Å². The second kappa shape index (κ2) is 7.82. The molecule has 7 nitrogen and oxygen atoms in total. The lowest BCUT2D eigenvalue weighted by atomic mass is 9.98. The first-order valence-corrected chi connectivity index (χ1v) is 10.1. The molecule has 0 bridgehead atoms. The molecule has 0 saturated carbocycles. The van der Waals surface area contributed by atoms with Gasteiger partial charge in [-0.2, -0.15) is 0 Å². The number of hydrogen-bond acceptors (Lipinski definition) is 4. The Hall–Kier alpha value is -3.35. The van der Waals surface area contributed by atoms with Gasteiger partial charge in [-0.3, -0.25) is 19.3 Å². The minimum atomic E-state index is -0.836. The van der Waals surface area contributed by atoms with Crippen molar-refractivity contribution in [3.63, 3.8) is 0 Å². The summed E-state index contributed by atoms with van der Waals surface area (Å²) >= 11 is 0. The van der Waals surface area contributed by atoms with Crippen LogP contribution in [0.1, 0.15) is 35.7 Å². The monoisotopic (exact) mass is 407 g/mol. The van der Waals surface area contributed by atoms with E-state index in [9.17, 15) is 14.4 Å². The molecule has 0 spiro atoms. The first kappa shape index (κ1) is 19.9. The average Bonchev–Trinajstić information content (AvgIpc) is 3.05. The van der Waals surface area contributed by atoms with Crippen LogP contribution in [-0.4, -0.2) is 48.0 Å². The highest BCUT2D eigenvalue weighted by Crippen LogP contribution is 2.43. The summed E-state index contributed by atoms with van der Waals surface area (Å²) in [4.78, 5) is 41.5. The maximum atomic E-state index is 13.1. The number of carbonyl (C=O) groups is 3. The van der Waals surface area contributed by atoms with Crippen molar-refractivity contribution in [2.45, 2.75) is 32.4 Å². The Bertz CT molecular complexity index is 1010. The van der Waals surface area contributed by atoms with Crippen LogP contribution in [0.15, 0.2) is 48.5 Å². The van der Waals surface area contributed by atoms with Gasteiger partial charge >= 0.3 is 0 Å². The van der Waals surface area contributed by atoms with E-state index in [1.165, 1.54) is 4.90 Å². The van der Waals surface area contributed by atoms with Crippen LogP contribution in [0, 0.1) is 6.92 Å². The molecule has 1 unspecified atom stereocenters. The quantitative estimate of drug-likeness (QED) is 0.747. The summed E-state index contributed by atoms with van der Waals surface area (Å²) in [6, 6.07) is 14.7. The molecule has 1 saturated heterocycles. The molecule has 0 aliphatic carbocycles. The number of anilines is 1. The molecule has 7 heteroatoms. The van der Waals surface area contributed by atoms with Crippen LogP contribution in [0.2, 0.25) is 0 Å². The van der Waals surface area contributed by atoms with E-state index in [1.807, 2.05) is 44.2 Å². The number of hydrogen-bond donors (Lipinski definition) is 1. The van der Waals surface area contributed by atoms with Gasteiger partial charge in [0.05, 0.1) is 17.8 Å². The van der Waals surface area contributed by atoms with E-state index in [-0.39, 0.29) is 24.3 Å². The maximum absolute atomic E-state index is 13.1. The second-order valence-corrected chi connectivity index (χ2v) is 7.82. The van der Waals surface area contributed by atoms with Crippen molar-refractivity contribution in [2.24, 2.45) is 0 Å². The highest BCUT2D eigenvalue weighted by atomic mass is 16.5. The largest absolute Gasteiger partial charge is 0.491 e. The van der Waals surface area contributed by atoms with Crippen LogP contribution in [0.25, 0.3) is 0 Å². The third-order valence-corrected chi connectivity index (χ3v) is 5.82. The molecule has 2 aromatic rings. The molecule has 1 N–H and O–H groups in total. The normalized spacial score (nSPS) is 20.1. The van der Waals surface area contributed by atoms with Crippen LogP contribution in [0.3, 0.4) is 0 Å². The van der Waals surface area contributed by atoms with E-state index in [1.54, 1.807) is 23.1 Å². The number of rotatable bonds is 6.